The number of hydrogen-bond acceptors (Lipinski definition) is 5. The van der Waals surface area contributed by atoms with E-state index in [4.69, 9.17) is 23.8 Å². The zero-order valence-corrected chi connectivity index (χ0v) is 14.2. The molecule has 0 spiro atoms. The molecular formula is C14H8ClFN6S2. The second-order valence-electron chi connectivity index (χ2n) is 4.73. The van der Waals surface area contributed by atoms with Crippen molar-refractivity contribution in [2.75, 3.05) is 0 Å². The van der Waals surface area contributed by atoms with Gasteiger partial charge in [-0.3, -0.25) is 4.40 Å². The zero-order valence-electron chi connectivity index (χ0n) is 11.8. The second-order valence-corrected chi connectivity index (χ2v) is 6.35. The van der Waals surface area contributed by atoms with Crippen molar-refractivity contribution in [2.45, 2.75) is 0 Å². The molecular weight excluding hydrogens is 371 g/mol. The summed E-state index contributed by atoms with van der Waals surface area (Å²) in [5.41, 5.74) is 0.901. The number of nitrogens with zero attached hydrogens (tertiary/aromatic N) is 5. The lowest BCUT2D eigenvalue weighted by molar-refractivity contribution is 0.628. The predicted molar refractivity (Wildman–Crippen MR) is 93.9 cm³/mol. The molecule has 0 unspecified atom stereocenters. The molecule has 4 rings (SSSR count). The number of nitrogens with one attached hydrogen (secondary N) is 1. The van der Waals surface area contributed by atoms with Crippen LogP contribution in [0, 0.1) is 10.6 Å². The van der Waals surface area contributed by atoms with Crippen molar-refractivity contribution >= 4 is 46.3 Å². The van der Waals surface area contributed by atoms with Gasteiger partial charge >= 0.3 is 0 Å². The predicted octanol–water partition coefficient (Wildman–Crippen LogP) is 3.99. The van der Waals surface area contributed by atoms with E-state index < -0.39 is 5.82 Å². The van der Waals surface area contributed by atoms with Crippen LogP contribution in [0.25, 0.3) is 16.3 Å². The Labute approximate surface area is 148 Å². The molecule has 0 aliphatic carbocycles. The number of aromatic amines is 1. The van der Waals surface area contributed by atoms with E-state index in [2.05, 4.69) is 20.3 Å². The maximum absolute atomic E-state index is 14.0. The molecule has 10 heteroatoms. The van der Waals surface area contributed by atoms with Gasteiger partial charge in [0.1, 0.15) is 11.5 Å². The largest absolute Gasteiger partial charge is 0.288 e. The van der Waals surface area contributed by atoms with E-state index in [0.717, 1.165) is 4.96 Å². The maximum Gasteiger partial charge on any atom is 0.216 e. The molecule has 3 aromatic heterocycles. The Balaban J connectivity index is 1.82. The Hall–Kier alpha value is -2.36. The molecule has 4 aromatic rings. The van der Waals surface area contributed by atoms with Gasteiger partial charge < -0.3 is 0 Å². The molecule has 0 aliphatic heterocycles. The fourth-order valence-electron chi connectivity index (χ4n) is 2.22. The van der Waals surface area contributed by atoms with E-state index in [1.54, 1.807) is 18.2 Å². The number of aromatic nitrogens is 5. The van der Waals surface area contributed by atoms with Crippen molar-refractivity contribution in [3.63, 3.8) is 0 Å². The summed E-state index contributed by atoms with van der Waals surface area (Å²) >= 11 is 12.8. The number of H-pyrrole nitrogens is 1. The van der Waals surface area contributed by atoms with Gasteiger partial charge in [0.25, 0.3) is 0 Å². The molecule has 24 heavy (non-hydrogen) atoms. The summed E-state index contributed by atoms with van der Waals surface area (Å²) in [5.74, 6) is -0.137. The van der Waals surface area contributed by atoms with Gasteiger partial charge in [-0.25, -0.2) is 14.5 Å². The van der Waals surface area contributed by atoms with E-state index in [1.807, 2.05) is 16.0 Å². The summed E-state index contributed by atoms with van der Waals surface area (Å²) in [4.78, 5) is 4.98. The molecule has 0 radical (unpaired) electrons. The number of hydrogen-bond donors (Lipinski definition) is 1. The highest BCUT2D eigenvalue weighted by Crippen LogP contribution is 2.22. The van der Waals surface area contributed by atoms with Gasteiger partial charge in [-0.2, -0.15) is 14.9 Å². The fourth-order valence-corrected chi connectivity index (χ4v) is 3.39. The second kappa shape index (κ2) is 5.93. The highest BCUT2D eigenvalue weighted by atomic mass is 35.5. The van der Waals surface area contributed by atoms with Crippen LogP contribution >= 0.6 is 35.2 Å². The highest BCUT2D eigenvalue weighted by Gasteiger charge is 2.13. The summed E-state index contributed by atoms with van der Waals surface area (Å²) in [6, 6.07) is 6.28. The monoisotopic (exact) mass is 378 g/mol. The molecule has 120 valence electrons. The molecule has 0 saturated carbocycles. The fraction of sp³-hybridized carbons (Fsp3) is 0. The van der Waals surface area contributed by atoms with E-state index in [0.29, 0.717) is 16.4 Å². The number of benzene rings is 1. The van der Waals surface area contributed by atoms with Crippen LogP contribution in [-0.2, 0) is 0 Å². The molecule has 0 fully saturated rings. The Kier molecular flexibility index (Phi) is 3.75. The summed E-state index contributed by atoms with van der Waals surface area (Å²) in [6.07, 6.45) is 3.36. The van der Waals surface area contributed by atoms with Gasteiger partial charge in [-0.15, -0.1) is 11.3 Å². The van der Waals surface area contributed by atoms with Crippen molar-refractivity contribution in [3.05, 3.63) is 57.3 Å². The van der Waals surface area contributed by atoms with Gasteiger partial charge in [0.2, 0.25) is 4.77 Å². The minimum absolute atomic E-state index is 0.242. The van der Waals surface area contributed by atoms with Crippen LogP contribution in [0.4, 0.5) is 4.39 Å². The molecule has 3 heterocycles. The Morgan fingerprint density at radius 2 is 2.21 bits per heavy atom. The molecule has 0 atom stereocenters. The van der Waals surface area contributed by atoms with Crippen molar-refractivity contribution in [3.8, 4) is 11.4 Å². The summed E-state index contributed by atoms with van der Waals surface area (Å²) in [7, 11) is 0. The zero-order chi connectivity index (χ0) is 16.7. The summed E-state index contributed by atoms with van der Waals surface area (Å²) < 4.78 is 17.4. The first kappa shape index (κ1) is 15.2. The average molecular weight is 379 g/mol. The van der Waals surface area contributed by atoms with Gasteiger partial charge in [0.15, 0.2) is 15.9 Å². The lowest BCUT2D eigenvalue weighted by Crippen LogP contribution is -1.98. The normalized spacial score (nSPS) is 11.8. The molecule has 0 aliphatic rings. The van der Waals surface area contributed by atoms with Gasteiger partial charge in [-0.05, 0) is 24.4 Å². The number of rotatable bonds is 3. The molecule has 1 N–H and O–H groups in total. The third-order valence-electron chi connectivity index (χ3n) is 3.31. The topological polar surface area (TPSA) is 63.3 Å². The van der Waals surface area contributed by atoms with Crippen LogP contribution in [0.3, 0.4) is 0 Å². The number of fused-ring (bicyclic) bond motifs is 1. The van der Waals surface area contributed by atoms with Gasteiger partial charge in [0, 0.05) is 11.6 Å². The Morgan fingerprint density at radius 3 is 3.04 bits per heavy atom. The molecule has 6 nitrogen and oxygen atoms in total. The van der Waals surface area contributed by atoms with Crippen molar-refractivity contribution < 1.29 is 4.39 Å². The van der Waals surface area contributed by atoms with E-state index in [-0.39, 0.29) is 10.6 Å². The van der Waals surface area contributed by atoms with Crippen LogP contribution in [0.2, 0.25) is 5.15 Å². The first-order valence-corrected chi connectivity index (χ1v) is 8.39. The molecule has 0 bridgehead atoms. The molecule has 0 saturated heterocycles. The van der Waals surface area contributed by atoms with E-state index >= 15 is 0 Å². The SMILES string of the molecule is Fc1ccccc1-c1n[nH]c(=S)n1/N=C/c1c(Cl)nc2sccn12. The minimum Gasteiger partial charge on any atom is -0.288 e. The molecule has 1 aromatic carbocycles. The van der Waals surface area contributed by atoms with E-state index in [1.165, 1.54) is 28.3 Å². The third kappa shape index (κ3) is 2.46. The number of imidazole rings is 1. The average Bonchev–Trinajstić information content (AvgIpc) is 3.22. The summed E-state index contributed by atoms with van der Waals surface area (Å²) in [5, 5.41) is 13.2. The van der Waals surface area contributed by atoms with Crippen LogP contribution < -0.4 is 0 Å². The van der Waals surface area contributed by atoms with Gasteiger partial charge in [-0.1, -0.05) is 23.7 Å². The van der Waals surface area contributed by atoms with Gasteiger partial charge in [0.05, 0.1) is 11.8 Å². The smallest absolute Gasteiger partial charge is 0.216 e. The van der Waals surface area contributed by atoms with E-state index in [9.17, 15) is 4.39 Å². The molecule has 0 amide bonds. The van der Waals surface area contributed by atoms with Crippen molar-refractivity contribution in [1.29, 1.82) is 0 Å². The van der Waals surface area contributed by atoms with Crippen molar-refractivity contribution in [1.82, 2.24) is 24.3 Å². The summed E-state index contributed by atoms with van der Waals surface area (Å²) in [6.45, 7) is 0. The maximum atomic E-state index is 14.0. The van der Waals surface area contributed by atoms with Crippen LogP contribution in [0.1, 0.15) is 5.69 Å². The highest BCUT2D eigenvalue weighted by molar-refractivity contribution is 7.71. The minimum atomic E-state index is -0.412. The van der Waals surface area contributed by atoms with Crippen LogP contribution in [0.5, 0.6) is 0 Å². The third-order valence-corrected chi connectivity index (χ3v) is 4.61. The Bertz CT molecular complexity index is 1120. The lowest BCUT2D eigenvalue weighted by Gasteiger charge is -2.02. The first-order valence-electron chi connectivity index (χ1n) is 6.73. The standard InChI is InChI=1S/C14H8ClFN6S2/c15-11-10(21-5-6-24-14(21)18-11)7-17-22-12(19-20-13(22)23)8-3-1-2-4-9(8)16/h1-7H,(H,20,23)/b17-7+. The quantitative estimate of drug-likeness (QED) is 0.433. The number of thiazole rings is 1. The van der Waals surface area contributed by atoms with Crippen LogP contribution in [0.15, 0.2) is 40.9 Å². The number of halogens is 2. The van der Waals surface area contributed by atoms with Crippen LogP contribution in [-0.4, -0.2) is 30.5 Å². The lowest BCUT2D eigenvalue weighted by atomic mass is 10.2. The Morgan fingerprint density at radius 1 is 1.38 bits per heavy atom. The van der Waals surface area contributed by atoms with Crippen molar-refractivity contribution in [2.24, 2.45) is 5.10 Å². The first-order chi connectivity index (χ1) is 11.6.